The molecular formula is C19H20N2O4. The summed E-state index contributed by atoms with van der Waals surface area (Å²) in [6, 6.07) is 12.6. The zero-order valence-electron chi connectivity index (χ0n) is 14.5. The van der Waals surface area contributed by atoms with Crippen LogP contribution < -0.4 is 14.2 Å². The number of hydrazone groups is 1. The molecule has 0 radical (unpaired) electrons. The van der Waals surface area contributed by atoms with Crippen molar-refractivity contribution in [1.29, 1.82) is 0 Å². The van der Waals surface area contributed by atoms with Crippen LogP contribution in [0.2, 0.25) is 0 Å². The highest BCUT2D eigenvalue weighted by molar-refractivity contribution is 6.04. The number of nitrogens with zero attached hydrogens (tertiary/aromatic N) is 2. The van der Waals surface area contributed by atoms with Crippen LogP contribution in [0.15, 0.2) is 47.6 Å². The van der Waals surface area contributed by atoms with Crippen LogP contribution in [-0.2, 0) is 0 Å². The van der Waals surface area contributed by atoms with Gasteiger partial charge in [0.05, 0.1) is 33.6 Å². The molecule has 2 aromatic carbocycles. The molecule has 2 aromatic rings. The van der Waals surface area contributed by atoms with E-state index in [9.17, 15) is 4.79 Å². The fourth-order valence-corrected chi connectivity index (χ4v) is 2.70. The Labute approximate surface area is 146 Å². The minimum absolute atomic E-state index is 0.127. The monoisotopic (exact) mass is 340 g/mol. The second kappa shape index (κ2) is 7.25. The van der Waals surface area contributed by atoms with Gasteiger partial charge in [0.1, 0.15) is 5.75 Å². The van der Waals surface area contributed by atoms with Crippen molar-refractivity contribution >= 4 is 11.6 Å². The van der Waals surface area contributed by atoms with Gasteiger partial charge >= 0.3 is 0 Å². The topological polar surface area (TPSA) is 60.4 Å². The summed E-state index contributed by atoms with van der Waals surface area (Å²) >= 11 is 0. The van der Waals surface area contributed by atoms with E-state index in [1.165, 1.54) is 5.01 Å². The lowest BCUT2D eigenvalue weighted by molar-refractivity contribution is 0.0778. The SMILES string of the molecule is COc1ccc(C(=O)N2CCC(c3ccc(OC)c(OC)c3)=N2)cc1. The summed E-state index contributed by atoms with van der Waals surface area (Å²) in [5.41, 5.74) is 2.35. The lowest BCUT2D eigenvalue weighted by Gasteiger charge is -2.11. The van der Waals surface area contributed by atoms with Crippen molar-refractivity contribution in [3.05, 3.63) is 53.6 Å². The largest absolute Gasteiger partial charge is 0.497 e. The number of hydrogen-bond donors (Lipinski definition) is 0. The third kappa shape index (κ3) is 3.42. The van der Waals surface area contributed by atoms with Gasteiger partial charge in [0, 0.05) is 17.5 Å². The molecule has 25 heavy (non-hydrogen) atoms. The van der Waals surface area contributed by atoms with E-state index >= 15 is 0 Å². The maximum atomic E-state index is 12.6. The van der Waals surface area contributed by atoms with Crippen LogP contribution in [0.5, 0.6) is 17.2 Å². The number of benzene rings is 2. The van der Waals surface area contributed by atoms with Crippen molar-refractivity contribution in [3.63, 3.8) is 0 Å². The highest BCUT2D eigenvalue weighted by Gasteiger charge is 2.23. The van der Waals surface area contributed by atoms with Gasteiger partial charge in [-0.05, 0) is 42.5 Å². The van der Waals surface area contributed by atoms with E-state index in [1.807, 2.05) is 18.2 Å². The lowest BCUT2D eigenvalue weighted by Crippen LogP contribution is -2.23. The number of rotatable bonds is 5. The molecule has 0 N–H and O–H groups in total. The molecule has 0 fully saturated rings. The summed E-state index contributed by atoms with van der Waals surface area (Å²) < 4.78 is 15.7. The van der Waals surface area contributed by atoms with Crippen molar-refractivity contribution in [2.24, 2.45) is 5.10 Å². The first-order valence-corrected chi connectivity index (χ1v) is 7.92. The summed E-state index contributed by atoms with van der Waals surface area (Å²) in [4.78, 5) is 12.6. The highest BCUT2D eigenvalue weighted by Crippen LogP contribution is 2.29. The normalized spacial score (nSPS) is 13.4. The van der Waals surface area contributed by atoms with E-state index in [1.54, 1.807) is 45.6 Å². The minimum atomic E-state index is -0.127. The molecule has 0 spiro atoms. The van der Waals surface area contributed by atoms with Gasteiger partial charge in [-0.1, -0.05) is 0 Å². The fraction of sp³-hybridized carbons (Fsp3) is 0.263. The quantitative estimate of drug-likeness (QED) is 0.840. The van der Waals surface area contributed by atoms with Crippen molar-refractivity contribution in [3.8, 4) is 17.2 Å². The molecule has 0 saturated heterocycles. The average Bonchev–Trinajstić information content (AvgIpc) is 3.17. The molecule has 3 rings (SSSR count). The summed E-state index contributed by atoms with van der Waals surface area (Å²) in [6.07, 6.45) is 0.692. The standard InChI is InChI=1S/C19H20N2O4/c1-23-15-7-4-13(5-8-15)19(22)21-11-10-16(20-21)14-6-9-17(24-2)18(12-14)25-3/h4-9,12H,10-11H2,1-3H3. The molecule has 0 aliphatic carbocycles. The van der Waals surface area contributed by atoms with Crippen LogP contribution in [0, 0.1) is 0 Å². The molecule has 0 saturated carbocycles. The Bertz CT molecular complexity index is 800. The van der Waals surface area contributed by atoms with Crippen LogP contribution in [0.25, 0.3) is 0 Å². The average molecular weight is 340 g/mol. The first-order valence-electron chi connectivity index (χ1n) is 7.92. The van der Waals surface area contributed by atoms with Crippen molar-refractivity contribution in [2.45, 2.75) is 6.42 Å². The molecule has 6 heteroatoms. The molecule has 0 aromatic heterocycles. The molecule has 0 bridgehead atoms. The maximum absolute atomic E-state index is 12.6. The van der Waals surface area contributed by atoms with Crippen LogP contribution in [0.1, 0.15) is 22.3 Å². The maximum Gasteiger partial charge on any atom is 0.273 e. The zero-order chi connectivity index (χ0) is 17.8. The summed E-state index contributed by atoms with van der Waals surface area (Å²) in [6.45, 7) is 0.550. The summed E-state index contributed by atoms with van der Waals surface area (Å²) in [5, 5.41) is 5.97. The number of carbonyl (C=O) groups excluding carboxylic acids is 1. The van der Waals surface area contributed by atoms with Crippen LogP contribution >= 0.6 is 0 Å². The predicted octanol–water partition coefficient (Wildman–Crippen LogP) is 2.96. The van der Waals surface area contributed by atoms with Crippen molar-refractivity contribution in [1.82, 2.24) is 5.01 Å². The number of carbonyl (C=O) groups is 1. The molecule has 0 unspecified atom stereocenters. The lowest BCUT2D eigenvalue weighted by atomic mass is 10.1. The smallest absolute Gasteiger partial charge is 0.273 e. The summed E-state index contributed by atoms with van der Waals surface area (Å²) in [5.74, 6) is 1.89. The molecule has 130 valence electrons. The number of amides is 1. The Morgan fingerprint density at radius 1 is 0.960 bits per heavy atom. The van der Waals surface area contributed by atoms with E-state index in [0.29, 0.717) is 35.8 Å². The first-order chi connectivity index (χ1) is 12.2. The van der Waals surface area contributed by atoms with E-state index in [2.05, 4.69) is 5.10 Å². The first kappa shape index (κ1) is 16.8. The summed E-state index contributed by atoms with van der Waals surface area (Å²) in [7, 11) is 4.79. The van der Waals surface area contributed by atoms with E-state index < -0.39 is 0 Å². The van der Waals surface area contributed by atoms with Crippen LogP contribution in [0.4, 0.5) is 0 Å². The fourth-order valence-electron chi connectivity index (χ4n) is 2.70. The predicted molar refractivity (Wildman–Crippen MR) is 94.7 cm³/mol. The number of methoxy groups -OCH3 is 3. The van der Waals surface area contributed by atoms with Gasteiger partial charge < -0.3 is 14.2 Å². The molecule has 1 aliphatic heterocycles. The molecule has 1 amide bonds. The van der Waals surface area contributed by atoms with Gasteiger partial charge in [-0.2, -0.15) is 5.10 Å². The van der Waals surface area contributed by atoms with E-state index in [-0.39, 0.29) is 5.91 Å². The minimum Gasteiger partial charge on any atom is -0.497 e. The van der Waals surface area contributed by atoms with Crippen molar-refractivity contribution in [2.75, 3.05) is 27.9 Å². The zero-order valence-corrected chi connectivity index (χ0v) is 14.5. The van der Waals surface area contributed by atoms with Gasteiger partial charge in [-0.15, -0.1) is 0 Å². The van der Waals surface area contributed by atoms with Crippen LogP contribution in [-0.4, -0.2) is 44.5 Å². The third-order valence-corrected chi connectivity index (χ3v) is 4.09. The Kier molecular flexibility index (Phi) is 4.88. The Morgan fingerprint density at radius 2 is 1.68 bits per heavy atom. The Hall–Kier alpha value is -3.02. The van der Waals surface area contributed by atoms with Gasteiger partial charge in [-0.25, -0.2) is 5.01 Å². The van der Waals surface area contributed by atoms with E-state index in [0.717, 1.165) is 11.3 Å². The number of hydrogen-bond acceptors (Lipinski definition) is 5. The van der Waals surface area contributed by atoms with E-state index in [4.69, 9.17) is 14.2 Å². The van der Waals surface area contributed by atoms with Crippen LogP contribution in [0.3, 0.4) is 0 Å². The molecule has 1 heterocycles. The highest BCUT2D eigenvalue weighted by atomic mass is 16.5. The Balaban J connectivity index is 1.80. The third-order valence-electron chi connectivity index (χ3n) is 4.09. The molecular weight excluding hydrogens is 320 g/mol. The van der Waals surface area contributed by atoms with Gasteiger partial charge in [-0.3, -0.25) is 4.79 Å². The molecule has 1 aliphatic rings. The second-order valence-electron chi connectivity index (χ2n) is 5.52. The van der Waals surface area contributed by atoms with Gasteiger partial charge in [0.15, 0.2) is 11.5 Å². The molecule has 6 nitrogen and oxygen atoms in total. The Morgan fingerprint density at radius 3 is 2.32 bits per heavy atom. The van der Waals surface area contributed by atoms with Crippen molar-refractivity contribution < 1.29 is 19.0 Å². The number of ether oxygens (including phenoxy) is 3. The van der Waals surface area contributed by atoms with Gasteiger partial charge in [0.25, 0.3) is 5.91 Å². The molecule has 0 atom stereocenters. The van der Waals surface area contributed by atoms with Gasteiger partial charge in [0.2, 0.25) is 0 Å². The second-order valence-corrected chi connectivity index (χ2v) is 5.52.